The molecule has 13 heteroatoms. The summed E-state index contributed by atoms with van der Waals surface area (Å²) in [6.07, 6.45) is 2.73. The summed E-state index contributed by atoms with van der Waals surface area (Å²) in [6, 6.07) is 19.3. The SMILES string of the molecule is COc1cc(N2C(=S)N[C@H](c3ccccn3)[C@H]2c2ccc(-c3ccccc3[N+](=O)[O-])o2)ccc1NS(C)(=O)=O. The zero-order valence-electron chi connectivity index (χ0n) is 20.8. The average molecular weight is 566 g/mol. The van der Waals surface area contributed by atoms with Gasteiger partial charge in [0.2, 0.25) is 10.0 Å². The number of rotatable bonds is 8. The quantitative estimate of drug-likeness (QED) is 0.174. The van der Waals surface area contributed by atoms with Gasteiger partial charge in [0.15, 0.2) is 5.11 Å². The fourth-order valence-electron chi connectivity index (χ4n) is 4.53. The van der Waals surface area contributed by atoms with Crippen LogP contribution in [0.25, 0.3) is 11.3 Å². The van der Waals surface area contributed by atoms with Gasteiger partial charge in [0, 0.05) is 24.0 Å². The second kappa shape index (κ2) is 10.3. The molecule has 0 radical (unpaired) electrons. The molecule has 200 valence electrons. The Morgan fingerprint density at radius 3 is 2.59 bits per heavy atom. The number of furan rings is 1. The van der Waals surface area contributed by atoms with Crippen LogP contribution in [0.3, 0.4) is 0 Å². The summed E-state index contributed by atoms with van der Waals surface area (Å²) in [5, 5.41) is 15.3. The van der Waals surface area contributed by atoms with E-state index in [0.29, 0.717) is 39.3 Å². The van der Waals surface area contributed by atoms with Gasteiger partial charge in [-0.05, 0) is 54.7 Å². The third-order valence-corrected chi connectivity index (χ3v) is 7.05. The molecule has 0 bridgehead atoms. The van der Waals surface area contributed by atoms with Gasteiger partial charge < -0.3 is 19.4 Å². The van der Waals surface area contributed by atoms with E-state index in [1.54, 1.807) is 60.8 Å². The van der Waals surface area contributed by atoms with Crippen LogP contribution < -0.4 is 19.7 Å². The first-order valence-corrected chi connectivity index (χ1v) is 14.0. The summed E-state index contributed by atoms with van der Waals surface area (Å²) in [7, 11) is -2.10. The Kier molecular flexibility index (Phi) is 6.93. The fraction of sp³-hybridized carbons (Fsp3) is 0.154. The first-order valence-electron chi connectivity index (χ1n) is 11.7. The van der Waals surface area contributed by atoms with Crippen molar-refractivity contribution < 1.29 is 22.5 Å². The maximum Gasteiger partial charge on any atom is 0.280 e. The lowest BCUT2D eigenvalue weighted by molar-refractivity contribution is -0.384. The third kappa shape index (κ3) is 5.26. The number of ether oxygens (including phenoxy) is 1. The standard InChI is InChI=1S/C26H23N5O6S2/c1-36-23-15-16(10-11-18(23)29-39(2,34)35)30-25(24(28-26(30)38)19-8-5-6-14-27-19)22-13-12-21(37-22)17-7-3-4-9-20(17)31(32)33/h3-15,24-25,29H,1-2H3,(H,28,38)/t24-,25-/m1/s1. The van der Waals surface area contributed by atoms with E-state index in [9.17, 15) is 18.5 Å². The first kappa shape index (κ1) is 26.1. The van der Waals surface area contributed by atoms with E-state index >= 15 is 0 Å². The number of sulfonamides is 1. The Morgan fingerprint density at radius 2 is 1.90 bits per heavy atom. The number of nitrogens with zero attached hydrogens (tertiary/aromatic N) is 3. The summed E-state index contributed by atoms with van der Waals surface area (Å²) in [4.78, 5) is 17.5. The number of nitro groups is 1. The smallest absolute Gasteiger partial charge is 0.280 e. The van der Waals surface area contributed by atoms with Gasteiger partial charge in [0.25, 0.3) is 5.69 Å². The van der Waals surface area contributed by atoms with Crippen molar-refractivity contribution in [1.29, 1.82) is 0 Å². The van der Waals surface area contributed by atoms with Crippen LogP contribution in [0.15, 0.2) is 83.4 Å². The number of nitro benzene ring substituents is 1. The van der Waals surface area contributed by atoms with E-state index in [0.717, 1.165) is 6.26 Å². The number of thiocarbonyl (C=S) groups is 1. The van der Waals surface area contributed by atoms with E-state index in [2.05, 4.69) is 15.0 Å². The van der Waals surface area contributed by atoms with Crippen LogP contribution in [0.5, 0.6) is 5.75 Å². The van der Waals surface area contributed by atoms with Crippen molar-refractivity contribution in [1.82, 2.24) is 10.3 Å². The van der Waals surface area contributed by atoms with Crippen LogP contribution in [0, 0.1) is 10.1 Å². The molecule has 0 amide bonds. The van der Waals surface area contributed by atoms with Crippen molar-refractivity contribution in [3.63, 3.8) is 0 Å². The van der Waals surface area contributed by atoms with E-state index in [1.807, 2.05) is 17.0 Å². The number of aromatic nitrogens is 1. The van der Waals surface area contributed by atoms with Gasteiger partial charge >= 0.3 is 0 Å². The number of pyridine rings is 1. The normalized spacial score (nSPS) is 17.1. The molecule has 2 aromatic heterocycles. The van der Waals surface area contributed by atoms with Crippen molar-refractivity contribution in [2.24, 2.45) is 0 Å². The van der Waals surface area contributed by atoms with Crippen molar-refractivity contribution >= 4 is 44.4 Å². The lowest BCUT2D eigenvalue weighted by Crippen LogP contribution is -2.29. The molecule has 1 fully saturated rings. The van der Waals surface area contributed by atoms with Crippen LogP contribution in [-0.4, -0.2) is 36.8 Å². The molecule has 1 aliphatic heterocycles. The highest BCUT2D eigenvalue weighted by Crippen LogP contribution is 2.45. The number of benzene rings is 2. The maximum absolute atomic E-state index is 11.8. The highest BCUT2D eigenvalue weighted by Gasteiger charge is 2.43. The van der Waals surface area contributed by atoms with Gasteiger partial charge in [0.1, 0.15) is 23.3 Å². The average Bonchev–Trinajstić information content (AvgIpc) is 3.53. The molecule has 5 rings (SSSR count). The zero-order chi connectivity index (χ0) is 27.7. The second-order valence-corrected chi connectivity index (χ2v) is 10.9. The lowest BCUT2D eigenvalue weighted by atomic mass is 10.0. The minimum Gasteiger partial charge on any atom is -0.494 e. The monoisotopic (exact) mass is 565 g/mol. The van der Waals surface area contributed by atoms with Crippen LogP contribution in [0.2, 0.25) is 0 Å². The molecule has 2 N–H and O–H groups in total. The third-order valence-electron chi connectivity index (χ3n) is 6.14. The Labute approximate surface area is 229 Å². The first-order chi connectivity index (χ1) is 18.7. The topological polar surface area (TPSA) is 140 Å². The molecular weight excluding hydrogens is 542 g/mol. The minimum absolute atomic E-state index is 0.0738. The summed E-state index contributed by atoms with van der Waals surface area (Å²) < 4.78 is 37.8. The van der Waals surface area contributed by atoms with Crippen molar-refractivity contribution in [2.45, 2.75) is 12.1 Å². The summed E-state index contributed by atoms with van der Waals surface area (Å²) in [6.45, 7) is 0. The van der Waals surface area contributed by atoms with Gasteiger partial charge in [-0.25, -0.2) is 8.42 Å². The molecule has 1 aliphatic rings. The van der Waals surface area contributed by atoms with Crippen LogP contribution in [-0.2, 0) is 10.0 Å². The summed E-state index contributed by atoms with van der Waals surface area (Å²) >= 11 is 5.74. The van der Waals surface area contributed by atoms with Gasteiger partial charge in [-0.3, -0.25) is 19.8 Å². The molecule has 2 atom stereocenters. The van der Waals surface area contributed by atoms with Crippen molar-refractivity contribution in [3.05, 3.63) is 101 Å². The molecule has 11 nitrogen and oxygen atoms in total. The largest absolute Gasteiger partial charge is 0.494 e. The number of methoxy groups -OCH3 is 1. The molecule has 3 heterocycles. The van der Waals surface area contributed by atoms with Crippen LogP contribution in [0.1, 0.15) is 23.5 Å². The molecule has 4 aromatic rings. The van der Waals surface area contributed by atoms with Gasteiger partial charge in [-0.2, -0.15) is 0 Å². The Morgan fingerprint density at radius 1 is 1.13 bits per heavy atom. The Balaban J connectivity index is 1.61. The molecule has 1 saturated heterocycles. The van der Waals surface area contributed by atoms with Crippen LogP contribution in [0.4, 0.5) is 17.1 Å². The van der Waals surface area contributed by atoms with E-state index in [1.165, 1.54) is 13.2 Å². The summed E-state index contributed by atoms with van der Waals surface area (Å²) in [5.41, 5.74) is 1.86. The van der Waals surface area contributed by atoms with E-state index in [4.69, 9.17) is 21.4 Å². The van der Waals surface area contributed by atoms with E-state index in [-0.39, 0.29) is 11.4 Å². The molecule has 2 aromatic carbocycles. The predicted octanol–water partition coefficient (Wildman–Crippen LogP) is 4.81. The molecule has 0 aliphatic carbocycles. The lowest BCUT2D eigenvalue weighted by Gasteiger charge is -2.26. The number of hydrogen-bond acceptors (Lipinski definition) is 8. The molecule has 0 spiro atoms. The molecule has 0 saturated carbocycles. The van der Waals surface area contributed by atoms with Gasteiger partial charge in [-0.15, -0.1) is 0 Å². The number of hydrogen-bond donors (Lipinski definition) is 2. The maximum atomic E-state index is 11.8. The minimum atomic E-state index is -3.54. The zero-order valence-corrected chi connectivity index (χ0v) is 22.4. The molecule has 39 heavy (non-hydrogen) atoms. The highest BCUT2D eigenvalue weighted by atomic mass is 32.2. The van der Waals surface area contributed by atoms with Crippen LogP contribution >= 0.6 is 12.2 Å². The highest BCUT2D eigenvalue weighted by molar-refractivity contribution is 7.92. The number of anilines is 2. The van der Waals surface area contributed by atoms with Gasteiger partial charge in [0.05, 0.1) is 41.3 Å². The Bertz CT molecular complexity index is 1660. The van der Waals surface area contributed by atoms with Gasteiger partial charge in [-0.1, -0.05) is 18.2 Å². The van der Waals surface area contributed by atoms with Crippen molar-refractivity contribution in [3.8, 4) is 17.1 Å². The number of para-hydroxylation sites is 1. The summed E-state index contributed by atoms with van der Waals surface area (Å²) in [5.74, 6) is 1.12. The molecule has 0 unspecified atom stereocenters. The number of nitrogens with one attached hydrogen (secondary N) is 2. The fourth-order valence-corrected chi connectivity index (χ4v) is 5.45. The molecular formula is C26H23N5O6S2. The second-order valence-electron chi connectivity index (χ2n) is 8.73. The van der Waals surface area contributed by atoms with Crippen molar-refractivity contribution in [2.75, 3.05) is 23.0 Å². The predicted molar refractivity (Wildman–Crippen MR) is 150 cm³/mol. The Hall–Kier alpha value is -4.49. The van der Waals surface area contributed by atoms with E-state index < -0.39 is 27.0 Å².